The van der Waals surface area contributed by atoms with Gasteiger partial charge in [-0.3, -0.25) is 9.44 Å². The number of hydrogen-bond acceptors (Lipinski definition) is 6. The molecule has 1 aromatic heterocycles. The Balaban J connectivity index is 2.33. The highest BCUT2D eigenvalue weighted by Gasteiger charge is 2.24. The van der Waals surface area contributed by atoms with E-state index in [0.29, 0.717) is 0 Å². The fourth-order valence-electron chi connectivity index (χ4n) is 1.92. The van der Waals surface area contributed by atoms with Crippen molar-refractivity contribution in [3.05, 3.63) is 35.7 Å². The quantitative estimate of drug-likeness (QED) is 0.847. The molecule has 1 aromatic carbocycles. The molecule has 0 radical (unpaired) electrons. The lowest BCUT2D eigenvalue weighted by atomic mass is 10.3. The van der Waals surface area contributed by atoms with Gasteiger partial charge in [-0.1, -0.05) is 11.2 Å². The molecule has 8 nitrogen and oxygen atoms in total. The van der Waals surface area contributed by atoms with Crippen molar-refractivity contribution in [3.63, 3.8) is 0 Å². The van der Waals surface area contributed by atoms with Gasteiger partial charge in [0.25, 0.3) is 10.0 Å². The zero-order valence-corrected chi connectivity index (χ0v) is 13.7. The lowest BCUT2D eigenvalue weighted by Gasteiger charge is -2.09. The summed E-state index contributed by atoms with van der Waals surface area (Å²) in [6, 6.07) is 5.91. The van der Waals surface area contributed by atoms with E-state index in [0.717, 1.165) is 6.26 Å². The van der Waals surface area contributed by atoms with Gasteiger partial charge in [0.15, 0.2) is 10.7 Å². The van der Waals surface area contributed by atoms with Crippen molar-refractivity contribution in [1.82, 2.24) is 5.16 Å². The molecule has 0 saturated carbocycles. The van der Waals surface area contributed by atoms with Crippen molar-refractivity contribution >= 4 is 31.4 Å². The maximum Gasteiger partial charge on any atom is 0.267 e. The molecule has 10 heteroatoms. The smallest absolute Gasteiger partial charge is 0.267 e. The van der Waals surface area contributed by atoms with Crippen LogP contribution in [0, 0.1) is 13.8 Å². The third kappa shape index (κ3) is 3.77. The second-order valence-corrected chi connectivity index (χ2v) is 8.08. The number of aryl methyl sites for hydroxylation is 2. The molecule has 0 unspecified atom stereocenters. The highest BCUT2D eigenvalue weighted by atomic mass is 32.2. The zero-order valence-electron chi connectivity index (χ0n) is 12.1. The molecule has 0 bridgehead atoms. The maximum atomic E-state index is 12.4. The van der Waals surface area contributed by atoms with Crippen LogP contribution in [0.5, 0.6) is 0 Å². The largest absolute Gasteiger partial charge is 0.360 e. The second-order valence-electron chi connectivity index (χ2n) is 4.71. The van der Waals surface area contributed by atoms with Gasteiger partial charge in [0.2, 0.25) is 10.0 Å². The number of benzene rings is 1. The Morgan fingerprint density at radius 1 is 1.05 bits per heavy atom. The Hall–Kier alpha value is -2.07. The second kappa shape index (κ2) is 5.61. The summed E-state index contributed by atoms with van der Waals surface area (Å²) in [4.78, 5) is -0.0334. The van der Waals surface area contributed by atoms with Crippen molar-refractivity contribution in [2.75, 3.05) is 15.7 Å². The van der Waals surface area contributed by atoms with Gasteiger partial charge in [0.1, 0.15) is 5.69 Å². The van der Waals surface area contributed by atoms with Gasteiger partial charge < -0.3 is 4.52 Å². The van der Waals surface area contributed by atoms with Crippen LogP contribution in [0.2, 0.25) is 0 Å². The standard InChI is InChI=1S/C12H15N3O5S2/c1-8-12(9(2)20-13-8)22(18,19)15-11-6-4-5-10(7-11)14-21(3,16)17/h4-7,14-15H,1-3H3. The Labute approximate surface area is 128 Å². The number of rotatable bonds is 5. The first-order valence-electron chi connectivity index (χ1n) is 6.12. The number of aromatic nitrogens is 1. The van der Waals surface area contributed by atoms with Crippen LogP contribution in [0.1, 0.15) is 11.5 Å². The molecule has 2 N–H and O–H groups in total. The van der Waals surface area contributed by atoms with Crippen LogP contribution in [0.4, 0.5) is 11.4 Å². The summed E-state index contributed by atoms with van der Waals surface area (Å²) in [5.41, 5.74) is 0.713. The van der Waals surface area contributed by atoms with Crippen molar-refractivity contribution < 1.29 is 21.4 Å². The van der Waals surface area contributed by atoms with E-state index in [-0.39, 0.29) is 27.7 Å². The first kappa shape index (κ1) is 16.3. The molecule has 0 aliphatic heterocycles. The topological polar surface area (TPSA) is 118 Å². The molecular weight excluding hydrogens is 330 g/mol. The van der Waals surface area contributed by atoms with Crippen molar-refractivity contribution in [2.45, 2.75) is 18.7 Å². The van der Waals surface area contributed by atoms with Gasteiger partial charge in [-0.2, -0.15) is 0 Å². The molecule has 22 heavy (non-hydrogen) atoms. The predicted molar refractivity (Wildman–Crippen MR) is 81.7 cm³/mol. The number of nitrogens with zero attached hydrogens (tertiary/aromatic N) is 1. The van der Waals surface area contributed by atoms with Crippen LogP contribution < -0.4 is 9.44 Å². The molecule has 0 fully saturated rings. The molecule has 0 saturated heterocycles. The van der Waals surface area contributed by atoms with Crippen LogP contribution in [0.15, 0.2) is 33.7 Å². The fourth-order valence-corrected chi connectivity index (χ4v) is 3.86. The summed E-state index contributed by atoms with van der Waals surface area (Å²) in [7, 11) is -7.32. The van der Waals surface area contributed by atoms with Crippen LogP contribution in [-0.2, 0) is 20.0 Å². The summed E-state index contributed by atoms with van der Waals surface area (Å²) < 4.78 is 56.6. The van der Waals surface area contributed by atoms with Crippen molar-refractivity contribution in [3.8, 4) is 0 Å². The van der Waals surface area contributed by atoms with Gasteiger partial charge >= 0.3 is 0 Å². The molecule has 2 aromatic rings. The fraction of sp³-hybridized carbons (Fsp3) is 0.250. The van der Waals surface area contributed by atoms with E-state index in [2.05, 4.69) is 14.6 Å². The normalized spacial score (nSPS) is 12.1. The lowest BCUT2D eigenvalue weighted by molar-refractivity contribution is 0.390. The summed E-state index contributed by atoms with van der Waals surface area (Å²) in [5.74, 6) is 0.176. The Kier molecular flexibility index (Phi) is 4.16. The van der Waals surface area contributed by atoms with Gasteiger partial charge in [-0.05, 0) is 32.0 Å². The van der Waals surface area contributed by atoms with E-state index in [9.17, 15) is 16.8 Å². The molecule has 0 atom stereocenters. The third-order valence-corrected chi connectivity index (χ3v) is 4.89. The maximum absolute atomic E-state index is 12.4. The van der Waals surface area contributed by atoms with Crippen molar-refractivity contribution in [2.24, 2.45) is 0 Å². The minimum absolute atomic E-state index is 0.0334. The molecule has 120 valence electrons. The molecule has 0 amide bonds. The Bertz CT molecular complexity index is 881. The minimum Gasteiger partial charge on any atom is -0.360 e. The Morgan fingerprint density at radius 3 is 2.14 bits per heavy atom. The van der Waals surface area contributed by atoms with Gasteiger partial charge in [-0.15, -0.1) is 0 Å². The minimum atomic E-state index is -3.88. The molecule has 0 aliphatic rings. The van der Waals surface area contributed by atoms with E-state index in [1.54, 1.807) is 0 Å². The van der Waals surface area contributed by atoms with Gasteiger partial charge in [0, 0.05) is 0 Å². The van der Waals surface area contributed by atoms with Crippen molar-refractivity contribution in [1.29, 1.82) is 0 Å². The number of nitrogens with one attached hydrogen (secondary N) is 2. The summed E-state index contributed by atoms with van der Waals surface area (Å²) in [5, 5.41) is 3.60. The van der Waals surface area contributed by atoms with Crippen LogP contribution in [0.25, 0.3) is 0 Å². The van der Waals surface area contributed by atoms with Crippen LogP contribution >= 0.6 is 0 Å². The molecular formula is C12H15N3O5S2. The zero-order chi connectivity index (χ0) is 16.5. The van der Waals surface area contributed by atoms with E-state index >= 15 is 0 Å². The third-order valence-electron chi connectivity index (χ3n) is 2.65. The molecule has 0 spiro atoms. The van der Waals surface area contributed by atoms with E-state index in [4.69, 9.17) is 4.52 Å². The highest BCUT2D eigenvalue weighted by molar-refractivity contribution is 7.93. The highest BCUT2D eigenvalue weighted by Crippen LogP contribution is 2.24. The van der Waals surface area contributed by atoms with Gasteiger partial charge in [0.05, 0.1) is 17.6 Å². The van der Waals surface area contributed by atoms with E-state index in [1.807, 2.05) is 0 Å². The molecule has 0 aliphatic carbocycles. The monoisotopic (exact) mass is 345 g/mol. The summed E-state index contributed by atoms with van der Waals surface area (Å²) in [6.45, 7) is 3.02. The van der Waals surface area contributed by atoms with Crippen LogP contribution in [-0.4, -0.2) is 28.2 Å². The number of sulfonamides is 2. The molecule has 2 rings (SSSR count). The average Bonchev–Trinajstić information content (AvgIpc) is 2.67. The van der Waals surface area contributed by atoms with Crippen LogP contribution in [0.3, 0.4) is 0 Å². The van der Waals surface area contributed by atoms with E-state index < -0.39 is 20.0 Å². The van der Waals surface area contributed by atoms with E-state index in [1.165, 1.54) is 38.1 Å². The van der Waals surface area contributed by atoms with Gasteiger partial charge in [-0.25, -0.2) is 16.8 Å². The Morgan fingerprint density at radius 2 is 1.64 bits per heavy atom. The lowest BCUT2D eigenvalue weighted by Crippen LogP contribution is -2.15. The first-order valence-corrected chi connectivity index (χ1v) is 9.49. The predicted octanol–water partition coefficient (Wildman–Crippen LogP) is 1.46. The average molecular weight is 345 g/mol. The summed E-state index contributed by atoms with van der Waals surface area (Å²) >= 11 is 0. The number of hydrogen-bond donors (Lipinski definition) is 2. The summed E-state index contributed by atoms with van der Waals surface area (Å²) in [6.07, 6.45) is 1.01. The SMILES string of the molecule is Cc1noc(C)c1S(=O)(=O)Nc1cccc(NS(C)(=O)=O)c1. The molecule has 1 heterocycles. The number of anilines is 2. The first-order chi connectivity index (χ1) is 10.1.